The van der Waals surface area contributed by atoms with Gasteiger partial charge in [0, 0.05) is 17.8 Å². The van der Waals surface area contributed by atoms with Crippen molar-refractivity contribution in [1.29, 1.82) is 0 Å². The molecule has 0 aliphatic heterocycles. The Morgan fingerprint density at radius 1 is 0.964 bits per heavy atom. The fourth-order valence-corrected chi connectivity index (χ4v) is 4.78. The molecule has 2 aromatic rings. The molecule has 2 atom stereocenters. The van der Waals surface area contributed by atoms with Crippen molar-refractivity contribution >= 4 is 21.7 Å². The van der Waals surface area contributed by atoms with Gasteiger partial charge in [0.05, 0.1) is 17.6 Å². The molecule has 0 heterocycles. The first-order chi connectivity index (χ1) is 13.4. The molecule has 150 valence electrons. The number of methoxy groups -OCH3 is 1. The molecule has 2 aromatic carbocycles. The van der Waals surface area contributed by atoms with Crippen LogP contribution in [0.1, 0.15) is 41.6 Å². The topological polar surface area (TPSA) is 84.5 Å². The monoisotopic (exact) mass is 402 g/mol. The van der Waals surface area contributed by atoms with Crippen molar-refractivity contribution in [3.8, 4) is 0 Å². The second-order valence-electron chi connectivity index (χ2n) is 7.15. The molecule has 0 saturated heterocycles. The van der Waals surface area contributed by atoms with Crippen LogP contribution in [-0.4, -0.2) is 33.6 Å². The van der Waals surface area contributed by atoms with E-state index in [0.29, 0.717) is 5.56 Å². The Hall–Kier alpha value is -2.38. The number of benzene rings is 2. The van der Waals surface area contributed by atoms with Gasteiger partial charge in [-0.05, 0) is 56.2 Å². The highest BCUT2D eigenvalue weighted by Crippen LogP contribution is 2.24. The van der Waals surface area contributed by atoms with Gasteiger partial charge in [-0.15, -0.1) is 0 Å². The number of carbonyl (C=O) groups excluding carboxylic acids is 1. The minimum atomic E-state index is -3.57. The van der Waals surface area contributed by atoms with Gasteiger partial charge in [0.15, 0.2) is 0 Å². The number of anilines is 1. The highest BCUT2D eigenvalue weighted by molar-refractivity contribution is 7.89. The van der Waals surface area contributed by atoms with Gasteiger partial charge < -0.3 is 10.1 Å². The summed E-state index contributed by atoms with van der Waals surface area (Å²) in [5.41, 5.74) is 2.35. The predicted molar refractivity (Wildman–Crippen MR) is 109 cm³/mol. The molecule has 2 N–H and O–H groups in total. The Labute approximate surface area is 166 Å². The van der Waals surface area contributed by atoms with Gasteiger partial charge in [0.25, 0.3) is 0 Å². The van der Waals surface area contributed by atoms with E-state index in [1.54, 1.807) is 36.4 Å². The van der Waals surface area contributed by atoms with Gasteiger partial charge in [-0.3, -0.25) is 0 Å². The third-order valence-electron chi connectivity index (χ3n) is 5.06. The lowest BCUT2D eigenvalue weighted by atomic mass is 9.91. The van der Waals surface area contributed by atoms with E-state index in [1.807, 2.05) is 19.1 Å². The van der Waals surface area contributed by atoms with Crippen molar-refractivity contribution in [2.75, 3.05) is 12.4 Å². The molecule has 0 amide bonds. The van der Waals surface area contributed by atoms with E-state index in [9.17, 15) is 13.2 Å². The lowest BCUT2D eigenvalue weighted by Crippen LogP contribution is -2.48. The smallest absolute Gasteiger partial charge is 0.337 e. The van der Waals surface area contributed by atoms with E-state index in [1.165, 1.54) is 7.11 Å². The first kappa shape index (κ1) is 20.4. The number of carbonyl (C=O) groups is 1. The summed E-state index contributed by atoms with van der Waals surface area (Å²) in [4.78, 5) is 11.8. The fraction of sp³-hybridized carbons (Fsp3) is 0.381. The van der Waals surface area contributed by atoms with Crippen LogP contribution in [0.2, 0.25) is 0 Å². The van der Waals surface area contributed by atoms with Crippen molar-refractivity contribution in [3.63, 3.8) is 0 Å². The number of rotatable bonds is 6. The minimum Gasteiger partial charge on any atom is -0.465 e. The first-order valence-electron chi connectivity index (χ1n) is 9.43. The van der Waals surface area contributed by atoms with Crippen molar-refractivity contribution in [2.45, 2.75) is 49.6 Å². The fourth-order valence-electron chi connectivity index (χ4n) is 3.46. The van der Waals surface area contributed by atoms with Gasteiger partial charge >= 0.3 is 5.97 Å². The Bertz CT molecular complexity index is 908. The van der Waals surface area contributed by atoms with E-state index in [2.05, 4.69) is 10.0 Å². The van der Waals surface area contributed by atoms with E-state index in [-0.39, 0.29) is 22.9 Å². The van der Waals surface area contributed by atoms with Crippen LogP contribution in [0, 0.1) is 6.92 Å². The van der Waals surface area contributed by atoms with Crippen LogP contribution in [0.4, 0.5) is 5.69 Å². The molecule has 0 bridgehead atoms. The zero-order valence-electron chi connectivity index (χ0n) is 16.1. The maximum absolute atomic E-state index is 12.8. The molecule has 1 fully saturated rings. The van der Waals surface area contributed by atoms with Crippen LogP contribution in [-0.2, 0) is 14.8 Å². The van der Waals surface area contributed by atoms with Gasteiger partial charge in [0.1, 0.15) is 0 Å². The SMILES string of the molecule is COC(=O)c1ccc(N[C@@H]2CCCC[C@@H]2NS(=O)(=O)c2ccc(C)cc2)cc1. The number of ether oxygens (including phenoxy) is 1. The molecule has 1 aliphatic carbocycles. The maximum atomic E-state index is 12.8. The molecular formula is C21H26N2O4S. The zero-order chi connectivity index (χ0) is 20.1. The third kappa shape index (κ3) is 4.91. The molecule has 28 heavy (non-hydrogen) atoms. The van der Waals surface area contributed by atoms with Crippen molar-refractivity contribution in [1.82, 2.24) is 4.72 Å². The average Bonchev–Trinajstić information content (AvgIpc) is 2.69. The zero-order valence-corrected chi connectivity index (χ0v) is 17.0. The second kappa shape index (κ2) is 8.75. The molecule has 1 saturated carbocycles. The van der Waals surface area contributed by atoms with Crippen molar-refractivity contribution in [3.05, 3.63) is 59.7 Å². The van der Waals surface area contributed by atoms with Crippen molar-refractivity contribution in [2.24, 2.45) is 0 Å². The number of hydrogen-bond acceptors (Lipinski definition) is 5. The number of sulfonamides is 1. The van der Waals surface area contributed by atoms with Gasteiger partial charge in [0.2, 0.25) is 10.0 Å². The van der Waals surface area contributed by atoms with Crippen molar-refractivity contribution < 1.29 is 17.9 Å². The molecule has 0 spiro atoms. The molecular weight excluding hydrogens is 376 g/mol. The number of nitrogens with one attached hydrogen (secondary N) is 2. The summed E-state index contributed by atoms with van der Waals surface area (Å²) >= 11 is 0. The summed E-state index contributed by atoms with van der Waals surface area (Å²) in [6, 6.07) is 13.7. The molecule has 1 aliphatic rings. The van der Waals surface area contributed by atoms with Gasteiger partial charge in [-0.1, -0.05) is 30.5 Å². The Kier molecular flexibility index (Phi) is 6.36. The maximum Gasteiger partial charge on any atom is 0.337 e. The summed E-state index contributed by atoms with van der Waals surface area (Å²) in [5, 5.41) is 3.42. The summed E-state index contributed by atoms with van der Waals surface area (Å²) < 4.78 is 33.1. The van der Waals surface area contributed by atoms with E-state index < -0.39 is 10.0 Å². The Balaban J connectivity index is 1.71. The van der Waals surface area contributed by atoms with E-state index in [0.717, 1.165) is 36.9 Å². The lowest BCUT2D eigenvalue weighted by molar-refractivity contribution is 0.0600. The second-order valence-corrected chi connectivity index (χ2v) is 8.86. The summed E-state index contributed by atoms with van der Waals surface area (Å²) in [5.74, 6) is -0.382. The number of aryl methyl sites for hydroxylation is 1. The van der Waals surface area contributed by atoms with Crippen LogP contribution in [0.3, 0.4) is 0 Å². The molecule has 6 nitrogen and oxygen atoms in total. The van der Waals surface area contributed by atoms with E-state index >= 15 is 0 Å². The number of esters is 1. The standard InChI is InChI=1S/C21H26N2O4S/c1-15-7-13-18(14-8-15)28(25,26)23-20-6-4-3-5-19(20)22-17-11-9-16(10-12-17)21(24)27-2/h7-14,19-20,22-23H,3-6H2,1-2H3/t19-,20+/m1/s1. The summed E-state index contributed by atoms with van der Waals surface area (Å²) in [6.45, 7) is 1.93. The van der Waals surface area contributed by atoms with Gasteiger partial charge in [-0.2, -0.15) is 0 Å². The summed E-state index contributed by atoms with van der Waals surface area (Å²) in [7, 11) is -2.23. The van der Waals surface area contributed by atoms with E-state index in [4.69, 9.17) is 4.74 Å². The largest absolute Gasteiger partial charge is 0.465 e. The van der Waals surface area contributed by atoms with Crippen LogP contribution >= 0.6 is 0 Å². The molecule has 7 heteroatoms. The van der Waals surface area contributed by atoms with Crippen LogP contribution in [0.15, 0.2) is 53.4 Å². The van der Waals surface area contributed by atoms with Gasteiger partial charge in [-0.25, -0.2) is 17.9 Å². The Morgan fingerprint density at radius 2 is 1.57 bits per heavy atom. The predicted octanol–water partition coefficient (Wildman–Crippen LogP) is 3.48. The third-order valence-corrected chi connectivity index (χ3v) is 6.57. The lowest BCUT2D eigenvalue weighted by Gasteiger charge is -2.33. The molecule has 3 rings (SSSR count). The molecule has 0 radical (unpaired) electrons. The average molecular weight is 403 g/mol. The first-order valence-corrected chi connectivity index (χ1v) is 10.9. The Morgan fingerprint density at radius 3 is 2.18 bits per heavy atom. The minimum absolute atomic E-state index is 0.0158. The highest BCUT2D eigenvalue weighted by Gasteiger charge is 2.29. The van der Waals surface area contributed by atoms with Crippen LogP contribution in [0.25, 0.3) is 0 Å². The normalized spacial score (nSPS) is 19.8. The number of hydrogen-bond donors (Lipinski definition) is 2. The van der Waals surface area contributed by atoms with Crippen LogP contribution in [0.5, 0.6) is 0 Å². The molecule has 0 unspecified atom stereocenters. The highest BCUT2D eigenvalue weighted by atomic mass is 32.2. The molecule has 0 aromatic heterocycles. The summed E-state index contributed by atoms with van der Waals surface area (Å²) in [6.07, 6.45) is 3.68. The van der Waals surface area contributed by atoms with Crippen LogP contribution < -0.4 is 10.0 Å². The quantitative estimate of drug-likeness (QED) is 0.723.